The minimum Gasteiger partial charge on any atom is -0.497 e. The second-order valence-corrected chi connectivity index (χ2v) is 8.84. The first-order chi connectivity index (χ1) is 16.5. The summed E-state index contributed by atoms with van der Waals surface area (Å²) in [4.78, 5) is 18.6. The molecule has 0 saturated carbocycles. The van der Waals surface area contributed by atoms with E-state index in [9.17, 15) is 4.79 Å². The van der Waals surface area contributed by atoms with E-state index in [0.29, 0.717) is 13.1 Å². The third-order valence-corrected chi connectivity index (χ3v) is 5.92. The highest BCUT2D eigenvalue weighted by Gasteiger charge is 2.14. The zero-order valence-electron chi connectivity index (χ0n) is 20.5. The van der Waals surface area contributed by atoms with Gasteiger partial charge in [0, 0.05) is 25.7 Å². The van der Waals surface area contributed by atoms with Gasteiger partial charge < -0.3 is 19.7 Å². The fourth-order valence-electron chi connectivity index (χ4n) is 3.35. The molecule has 3 aromatic carbocycles. The predicted octanol–water partition coefficient (Wildman–Crippen LogP) is 6.72. The maximum atomic E-state index is 11.3. The van der Waals surface area contributed by atoms with Crippen molar-refractivity contribution in [1.82, 2.24) is 4.90 Å². The smallest absolute Gasteiger partial charge is 0.221 e. The first-order valence-corrected chi connectivity index (χ1v) is 12.1. The van der Waals surface area contributed by atoms with Crippen molar-refractivity contribution in [2.75, 3.05) is 25.3 Å². The van der Waals surface area contributed by atoms with Crippen LogP contribution in [-0.4, -0.2) is 35.9 Å². The van der Waals surface area contributed by atoms with E-state index in [0.717, 1.165) is 33.8 Å². The lowest BCUT2D eigenvalue weighted by molar-refractivity contribution is -0.114. The Kier molecular flexibility index (Phi) is 11.9. The summed E-state index contributed by atoms with van der Waals surface area (Å²) in [5.41, 5.74) is 3.92. The number of nitrogens with one attached hydrogen (secondary N) is 1. The summed E-state index contributed by atoms with van der Waals surface area (Å²) in [6, 6.07) is 23.8. The summed E-state index contributed by atoms with van der Waals surface area (Å²) < 4.78 is 10.6. The molecule has 0 fully saturated rings. The van der Waals surface area contributed by atoms with Crippen molar-refractivity contribution in [2.45, 2.75) is 26.9 Å². The Morgan fingerprint density at radius 2 is 1.34 bits per heavy atom. The number of rotatable bonds is 9. The lowest BCUT2D eigenvalue weighted by atomic mass is 10.1. The zero-order chi connectivity index (χ0) is 24.3. The molecule has 3 rings (SSSR count). The molecule has 0 atom stereocenters. The van der Waals surface area contributed by atoms with Gasteiger partial charge in [-0.25, -0.2) is 4.99 Å². The summed E-state index contributed by atoms with van der Waals surface area (Å²) >= 11 is 1.70. The van der Waals surface area contributed by atoms with Crippen LogP contribution in [-0.2, 0) is 17.9 Å². The van der Waals surface area contributed by atoms with E-state index in [1.54, 1.807) is 26.0 Å². The summed E-state index contributed by atoms with van der Waals surface area (Å²) in [7, 11) is 3.34. The third kappa shape index (κ3) is 9.10. The number of hydrogen-bond acceptors (Lipinski definition) is 5. The summed E-state index contributed by atoms with van der Waals surface area (Å²) in [5, 5.41) is 3.73. The number of thioether (sulfide) groups is 1. The highest BCUT2D eigenvalue weighted by molar-refractivity contribution is 14.0. The van der Waals surface area contributed by atoms with Crippen LogP contribution >= 0.6 is 35.7 Å². The van der Waals surface area contributed by atoms with E-state index < -0.39 is 0 Å². The van der Waals surface area contributed by atoms with Crippen LogP contribution in [0.15, 0.2) is 77.8 Å². The monoisotopic (exact) mass is 605 g/mol. The minimum atomic E-state index is -0.0939. The molecule has 0 spiro atoms. The van der Waals surface area contributed by atoms with Crippen LogP contribution in [0.25, 0.3) is 0 Å². The minimum absolute atomic E-state index is 0. The molecule has 0 unspecified atom stereocenters. The van der Waals surface area contributed by atoms with Gasteiger partial charge in [0.05, 0.1) is 19.9 Å². The number of amidine groups is 1. The molecule has 8 heteroatoms. The summed E-state index contributed by atoms with van der Waals surface area (Å²) in [6.07, 6.45) is 0. The van der Waals surface area contributed by atoms with E-state index >= 15 is 0 Å². The molecule has 6 nitrogen and oxygen atoms in total. The molecule has 0 radical (unpaired) electrons. The SMILES string of the molecule is CCSC(=Nc1ccc(NC(C)=O)cc1)N(Cc1ccc(OC)cc1)Cc1ccc(OC)cc1.I. The van der Waals surface area contributed by atoms with Crippen LogP contribution in [0.3, 0.4) is 0 Å². The van der Waals surface area contributed by atoms with Crippen molar-refractivity contribution >= 4 is 58.2 Å². The molecule has 0 bridgehead atoms. The van der Waals surface area contributed by atoms with Crippen LogP contribution in [0.5, 0.6) is 11.5 Å². The molecule has 186 valence electrons. The van der Waals surface area contributed by atoms with Gasteiger partial charge in [-0.2, -0.15) is 0 Å². The van der Waals surface area contributed by atoms with Gasteiger partial charge in [0.2, 0.25) is 5.91 Å². The Hall–Kier alpha value is -2.72. The number of benzene rings is 3. The number of carbonyl (C=O) groups is 1. The topological polar surface area (TPSA) is 63.2 Å². The van der Waals surface area contributed by atoms with Crippen LogP contribution < -0.4 is 14.8 Å². The van der Waals surface area contributed by atoms with Crippen molar-refractivity contribution < 1.29 is 14.3 Å². The lowest BCUT2D eigenvalue weighted by Gasteiger charge is -2.26. The van der Waals surface area contributed by atoms with E-state index in [-0.39, 0.29) is 29.9 Å². The van der Waals surface area contributed by atoms with Crippen LogP contribution in [0, 0.1) is 0 Å². The highest BCUT2D eigenvalue weighted by atomic mass is 127. The molecule has 3 aromatic rings. The second-order valence-electron chi connectivity index (χ2n) is 7.61. The highest BCUT2D eigenvalue weighted by Crippen LogP contribution is 2.24. The standard InChI is InChI=1S/C27H31N3O3S.HI/c1-5-34-27(29-24-12-10-23(11-13-24)28-20(2)31)30(18-21-6-14-25(32-3)15-7-21)19-22-8-16-26(33-4)17-9-22;/h6-17H,5,18-19H2,1-4H3,(H,28,31);1H. The quantitative estimate of drug-likeness (QED) is 0.167. The van der Waals surface area contributed by atoms with Crippen molar-refractivity contribution in [2.24, 2.45) is 4.99 Å². The molecule has 0 heterocycles. The number of anilines is 1. The van der Waals surface area contributed by atoms with Gasteiger partial charge in [-0.05, 0) is 65.4 Å². The normalized spacial score (nSPS) is 10.8. The van der Waals surface area contributed by atoms with Crippen molar-refractivity contribution in [3.05, 3.63) is 83.9 Å². The molecule has 1 amide bonds. The van der Waals surface area contributed by atoms with Gasteiger partial charge in [-0.3, -0.25) is 4.79 Å². The maximum absolute atomic E-state index is 11.3. The van der Waals surface area contributed by atoms with E-state index in [1.807, 2.05) is 48.5 Å². The van der Waals surface area contributed by atoms with Crippen molar-refractivity contribution in [3.8, 4) is 11.5 Å². The molecule has 1 N–H and O–H groups in total. The Morgan fingerprint density at radius 1 is 0.857 bits per heavy atom. The number of amides is 1. The van der Waals surface area contributed by atoms with Gasteiger partial charge in [-0.15, -0.1) is 24.0 Å². The van der Waals surface area contributed by atoms with Gasteiger partial charge in [0.25, 0.3) is 0 Å². The summed E-state index contributed by atoms with van der Waals surface area (Å²) in [6.45, 7) is 5.02. The molecule has 0 aromatic heterocycles. The van der Waals surface area contributed by atoms with Gasteiger partial charge in [-0.1, -0.05) is 43.0 Å². The third-order valence-electron chi connectivity index (χ3n) is 5.02. The van der Waals surface area contributed by atoms with Crippen molar-refractivity contribution in [3.63, 3.8) is 0 Å². The van der Waals surface area contributed by atoms with Gasteiger partial charge >= 0.3 is 0 Å². The van der Waals surface area contributed by atoms with E-state index in [2.05, 4.69) is 41.4 Å². The molecule has 35 heavy (non-hydrogen) atoms. The lowest BCUT2D eigenvalue weighted by Crippen LogP contribution is -2.28. The molecular weight excluding hydrogens is 573 g/mol. The summed E-state index contributed by atoms with van der Waals surface area (Å²) in [5.74, 6) is 2.47. The number of hydrogen-bond donors (Lipinski definition) is 1. The number of aliphatic imine (C=N–C) groups is 1. The number of nitrogens with zero attached hydrogens (tertiary/aromatic N) is 2. The van der Waals surface area contributed by atoms with E-state index in [1.165, 1.54) is 18.1 Å². The number of halogens is 1. The largest absolute Gasteiger partial charge is 0.497 e. The zero-order valence-corrected chi connectivity index (χ0v) is 23.6. The average Bonchev–Trinajstić information content (AvgIpc) is 2.85. The molecular formula is C27H32IN3O3S. The molecule has 0 aliphatic heterocycles. The van der Waals surface area contributed by atoms with Crippen molar-refractivity contribution in [1.29, 1.82) is 0 Å². The predicted molar refractivity (Wildman–Crippen MR) is 157 cm³/mol. The molecule has 0 saturated heterocycles. The van der Waals surface area contributed by atoms with E-state index in [4.69, 9.17) is 14.5 Å². The maximum Gasteiger partial charge on any atom is 0.221 e. The average molecular weight is 606 g/mol. The Bertz CT molecular complexity index is 1040. The van der Waals surface area contributed by atoms with Crippen LogP contribution in [0.4, 0.5) is 11.4 Å². The Morgan fingerprint density at radius 3 is 1.74 bits per heavy atom. The second kappa shape index (κ2) is 14.6. The van der Waals surface area contributed by atoms with Gasteiger partial charge in [0.1, 0.15) is 11.5 Å². The number of ether oxygens (including phenoxy) is 2. The first-order valence-electron chi connectivity index (χ1n) is 11.1. The first kappa shape index (κ1) is 28.5. The Labute approximate surface area is 229 Å². The fourth-order valence-corrected chi connectivity index (χ4v) is 4.09. The number of methoxy groups -OCH3 is 2. The molecule has 0 aliphatic carbocycles. The van der Waals surface area contributed by atoms with Gasteiger partial charge in [0.15, 0.2) is 5.17 Å². The number of carbonyl (C=O) groups excluding carboxylic acids is 1. The van der Waals surface area contributed by atoms with Crippen LogP contribution in [0.1, 0.15) is 25.0 Å². The van der Waals surface area contributed by atoms with Crippen LogP contribution in [0.2, 0.25) is 0 Å². The fraction of sp³-hybridized carbons (Fsp3) is 0.259. The Balaban J connectivity index is 0.00000432. The molecule has 0 aliphatic rings.